The second kappa shape index (κ2) is 11.7. The van der Waals surface area contributed by atoms with Crippen LogP contribution >= 0.6 is 0 Å². The zero-order valence-corrected chi connectivity index (χ0v) is 22.0. The first-order valence-electron chi connectivity index (χ1n) is 13.6. The van der Waals surface area contributed by atoms with Gasteiger partial charge in [0, 0.05) is 77.6 Å². The number of aliphatic hydroxyl groups excluding tert-OH is 1. The first-order chi connectivity index (χ1) is 17.9. The Morgan fingerprint density at radius 1 is 1.11 bits per heavy atom. The van der Waals surface area contributed by atoms with Gasteiger partial charge in [0.1, 0.15) is 11.5 Å². The minimum atomic E-state index is -0.654. The van der Waals surface area contributed by atoms with Gasteiger partial charge in [0.2, 0.25) is 5.95 Å². The number of anilines is 2. The van der Waals surface area contributed by atoms with Crippen molar-refractivity contribution in [1.82, 2.24) is 30.4 Å². The fraction of sp³-hybridized carbons (Fsp3) is 0.593. The summed E-state index contributed by atoms with van der Waals surface area (Å²) in [5.41, 5.74) is 3.02. The van der Waals surface area contributed by atoms with Gasteiger partial charge >= 0.3 is 0 Å². The molecule has 2 aromatic rings. The van der Waals surface area contributed by atoms with Crippen molar-refractivity contribution in [1.29, 1.82) is 0 Å². The van der Waals surface area contributed by atoms with E-state index in [2.05, 4.69) is 73.7 Å². The summed E-state index contributed by atoms with van der Waals surface area (Å²) >= 11 is 0. The van der Waals surface area contributed by atoms with Crippen molar-refractivity contribution in [2.75, 3.05) is 69.1 Å². The van der Waals surface area contributed by atoms with Crippen molar-refractivity contribution >= 4 is 17.7 Å². The predicted molar refractivity (Wildman–Crippen MR) is 145 cm³/mol. The number of amides is 1. The van der Waals surface area contributed by atoms with E-state index in [1.807, 2.05) is 0 Å². The minimum absolute atomic E-state index is 0.179. The van der Waals surface area contributed by atoms with Crippen LogP contribution < -0.4 is 20.9 Å². The number of piperazine rings is 1. The Labute approximate surface area is 219 Å². The first kappa shape index (κ1) is 25.8. The van der Waals surface area contributed by atoms with Gasteiger partial charge in [-0.15, -0.1) is 0 Å². The van der Waals surface area contributed by atoms with Crippen LogP contribution in [0.25, 0.3) is 0 Å². The number of hydrogen-bond acceptors (Lipinski definition) is 9. The molecule has 37 heavy (non-hydrogen) atoms. The Hall–Kier alpha value is -2.79. The lowest BCUT2D eigenvalue weighted by atomic mass is 10.00. The van der Waals surface area contributed by atoms with Crippen LogP contribution in [-0.2, 0) is 13.0 Å². The molecule has 2 fully saturated rings. The molecule has 0 aliphatic carbocycles. The maximum atomic E-state index is 13.1. The van der Waals surface area contributed by atoms with Crippen LogP contribution in [0, 0.1) is 0 Å². The third-order valence-corrected chi connectivity index (χ3v) is 7.58. The van der Waals surface area contributed by atoms with E-state index in [9.17, 15) is 9.90 Å². The molecule has 1 aromatic heterocycles. The number of nitrogens with zero attached hydrogens (tertiary/aromatic N) is 5. The van der Waals surface area contributed by atoms with Crippen molar-refractivity contribution in [3.05, 3.63) is 47.2 Å². The molecule has 3 aliphatic heterocycles. The number of aromatic nitrogens is 2. The Morgan fingerprint density at radius 3 is 2.57 bits per heavy atom. The highest BCUT2D eigenvalue weighted by Gasteiger charge is 2.25. The molecule has 5 rings (SSSR count). The SMILES string of the molecule is CC(C)N1CCN(c2nc(NC3CNC3)cc(C(=O)NCC(O)CN3CCc4ccccc4C3)n2)CC1. The zero-order chi connectivity index (χ0) is 25.8. The van der Waals surface area contributed by atoms with Crippen molar-refractivity contribution < 1.29 is 9.90 Å². The van der Waals surface area contributed by atoms with Crippen molar-refractivity contribution in [3.63, 3.8) is 0 Å². The molecule has 0 saturated carbocycles. The van der Waals surface area contributed by atoms with E-state index in [-0.39, 0.29) is 12.5 Å². The Morgan fingerprint density at radius 2 is 1.86 bits per heavy atom. The Balaban J connectivity index is 1.20. The molecule has 2 saturated heterocycles. The quantitative estimate of drug-likeness (QED) is 0.386. The maximum Gasteiger partial charge on any atom is 0.270 e. The van der Waals surface area contributed by atoms with E-state index >= 15 is 0 Å². The molecule has 0 radical (unpaired) electrons. The van der Waals surface area contributed by atoms with E-state index in [1.165, 1.54) is 11.1 Å². The van der Waals surface area contributed by atoms with Crippen LogP contribution in [0.2, 0.25) is 0 Å². The molecule has 4 heterocycles. The van der Waals surface area contributed by atoms with Gasteiger partial charge in [0.15, 0.2) is 0 Å². The van der Waals surface area contributed by atoms with Crippen LogP contribution in [0.5, 0.6) is 0 Å². The van der Waals surface area contributed by atoms with Crippen LogP contribution in [0.15, 0.2) is 30.3 Å². The molecule has 1 amide bonds. The number of β-amino-alcohol motifs (C(OH)–C–C–N with tert-alkyl or cyclic N) is 1. The lowest BCUT2D eigenvalue weighted by molar-refractivity contribution is 0.0838. The molecule has 10 heteroatoms. The lowest BCUT2D eigenvalue weighted by Gasteiger charge is -2.37. The number of rotatable bonds is 9. The highest BCUT2D eigenvalue weighted by Crippen LogP contribution is 2.20. The standard InChI is InChI=1S/C27H40N8O2/c1-19(2)34-9-11-35(12-10-34)27-31-24(13-25(32-27)30-22-14-28-15-22)26(37)29-16-23(36)18-33-8-7-20-5-3-4-6-21(20)17-33/h3-6,13,19,22-23,28,36H,7-12,14-18H2,1-2H3,(H,29,37)(H,30,31,32). The number of carbonyl (C=O) groups excluding carboxylic acids is 1. The van der Waals surface area contributed by atoms with Gasteiger partial charge in [0.05, 0.1) is 12.1 Å². The average molecular weight is 509 g/mol. The molecule has 4 N–H and O–H groups in total. The zero-order valence-electron chi connectivity index (χ0n) is 22.0. The van der Waals surface area contributed by atoms with Crippen LogP contribution in [-0.4, -0.2) is 108 Å². The molecule has 3 aliphatic rings. The van der Waals surface area contributed by atoms with Crippen molar-refractivity contribution in [2.24, 2.45) is 0 Å². The van der Waals surface area contributed by atoms with E-state index in [0.29, 0.717) is 36.1 Å². The maximum absolute atomic E-state index is 13.1. The molecule has 1 unspecified atom stereocenters. The molecular formula is C27H40N8O2. The number of aliphatic hydroxyl groups is 1. The monoisotopic (exact) mass is 508 g/mol. The average Bonchev–Trinajstić information content (AvgIpc) is 2.89. The van der Waals surface area contributed by atoms with E-state index in [0.717, 1.165) is 58.8 Å². The summed E-state index contributed by atoms with van der Waals surface area (Å²) in [4.78, 5) is 29.3. The highest BCUT2D eigenvalue weighted by molar-refractivity contribution is 5.93. The first-order valence-corrected chi connectivity index (χ1v) is 13.6. The van der Waals surface area contributed by atoms with E-state index < -0.39 is 6.10 Å². The molecule has 10 nitrogen and oxygen atoms in total. The smallest absolute Gasteiger partial charge is 0.270 e. The summed E-state index contributed by atoms with van der Waals surface area (Å²) in [5, 5.41) is 20.2. The van der Waals surface area contributed by atoms with Crippen molar-refractivity contribution in [2.45, 2.75) is 45.0 Å². The van der Waals surface area contributed by atoms with Crippen LogP contribution in [0.4, 0.5) is 11.8 Å². The second-order valence-corrected chi connectivity index (χ2v) is 10.7. The molecule has 1 aromatic carbocycles. The summed E-state index contributed by atoms with van der Waals surface area (Å²) in [6.45, 7) is 12.1. The third-order valence-electron chi connectivity index (χ3n) is 7.58. The Bertz CT molecular complexity index is 1070. The van der Waals surface area contributed by atoms with Gasteiger partial charge in [-0.2, -0.15) is 4.98 Å². The summed E-state index contributed by atoms with van der Waals surface area (Å²) in [7, 11) is 0. The molecule has 0 spiro atoms. The van der Waals surface area contributed by atoms with Crippen LogP contribution in [0.1, 0.15) is 35.5 Å². The summed E-state index contributed by atoms with van der Waals surface area (Å²) in [5.74, 6) is 0.959. The summed E-state index contributed by atoms with van der Waals surface area (Å²) in [6.07, 6.45) is 0.328. The Kier molecular flexibility index (Phi) is 8.19. The van der Waals surface area contributed by atoms with Gasteiger partial charge in [-0.3, -0.25) is 14.6 Å². The molecule has 1 atom stereocenters. The summed E-state index contributed by atoms with van der Waals surface area (Å²) < 4.78 is 0. The number of carbonyl (C=O) groups is 1. The second-order valence-electron chi connectivity index (χ2n) is 10.7. The number of fused-ring (bicyclic) bond motifs is 1. The van der Waals surface area contributed by atoms with Gasteiger partial charge in [-0.25, -0.2) is 4.98 Å². The van der Waals surface area contributed by atoms with E-state index in [4.69, 9.17) is 4.98 Å². The fourth-order valence-electron chi connectivity index (χ4n) is 5.18. The lowest BCUT2D eigenvalue weighted by Crippen LogP contribution is -2.52. The molecule has 0 bridgehead atoms. The number of nitrogens with one attached hydrogen (secondary N) is 3. The number of benzene rings is 1. The fourth-order valence-corrected chi connectivity index (χ4v) is 5.18. The molecular weight excluding hydrogens is 468 g/mol. The van der Waals surface area contributed by atoms with Gasteiger partial charge < -0.3 is 26.0 Å². The van der Waals surface area contributed by atoms with Crippen LogP contribution in [0.3, 0.4) is 0 Å². The van der Waals surface area contributed by atoms with Gasteiger partial charge in [-0.05, 0) is 31.4 Å². The minimum Gasteiger partial charge on any atom is -0.390 e. The third kappa shape index (κ3) is 6.56. The predicted octanol–water partition coefficient (Wildman–Crippen LogP) is 0.540. The van der Waals surface area contributed by atoms with E-state index in [1.54, 1.807) is 6.07 Å². The summed E-state index contributed by atoms with van der Waals surface area (Å²) in [6, 6.07) is 11.0. The topological polar surface area (TPSA) is 109 Å². The molecule has 200 valence electrons. The largest absolute Gasteiger partial charge is 0.390 e. The normalized spacial score (nSPS) is 19.8. The van der Waals surface area contributed by atoms with Crippen molar-refractivity contribution in [3.8, 4) is 0 Å². The highest BCUT2D eigenvalue weighted by atomic mass is 16.3. The van der Waals surface area contributed by atoms with Gasteiger partial charge in [0.25, 0.3) is 5.91 Å². The number of hydrogen-bond donors (Lipinski definition) is 4. The van der Waals surface area contributed by atoms with Gasteiger partial charge in [-0.1, -0.05) is 24.3 Å².